The third-order valence-corrected chi connectivity index (χ3v) is 4.48. The molecule has 0 aromatic carbocycles. The highest BCUT2D eigenvalue weighted by Crippen LogP contribution is 2.48. The Labute approximate surface area is 133 Å². The van der Waals surface area contributed by atoms with Gasteiger partial charge in [0, 0.05) is 6.42 Å². The predicted molar refractivity (Wildman–Crippen MR) is 73.2 cm³/mol. The van der Waals surface area contributed by atoms with E-state index in [4.69, 9.17) is 5.11 Å². The van der Waals surface area contributed by atoms with Gasteiger partial charge in [-0.3, -0.25) is 4.79 Å². The quantitative estimate of drug-likeness (QED) is 0.392. The Kier molecular flexibility index (Phi) is 8.72. The van der Waals surface area contributed by atoms with Gasteiger partial charge in [-0.25, -0.2) is 0 Å². The molecule has 0 aromatic heterocycles. The van der Waals surface area contributed by atoms with Crippen molar-refractivity contribution < 1.29 is 40.6 Å². The van der Waals surface area contributed by atoms with Crippen LogP contribution in [0, 0.1) is 0 Å². The van der Waals surface area contributed by atoms with Crippen LogP contribution in [-0.4, -0.2) is 40.1 Å². The van der Waals surface area contributed by atoms with Crippen molar-refractivity contribution in [2.75, 3.05) is 5.75 Å². The summed E-state index contributed by atoms with van der Waals surface area (Å²) in [6.45, 7) is 1.87. The summed E-state index contributed by atoms with van der Waals surface area (Å²) in [5, 5.41) is 8.19. The largest absolute Gasteiger partial charge is 0.480 e. The number of hydrogen-bond donors (Lipinski definition) is 1. The van der Waals surface area contributed by atoms with Gasteiger partial charge in [0.2, 0.25) is 0 Å². The van der Waals surface area contributed by atoms with Gasteiger partial charge in [0.25, 0.3) is 0 Å². The molecule has 0 bridgehead atoms. The van der Waals surface area contributed by atoms with Crippen molar-refractivity contribution in [2.45, 2.75) is 68.7 Å². The summed E-state index contributed by atoms with van der Waals surface area (Å²) < 4.78 is 87.0. The monoisotopic (exact) mass is 372 g/mol. The van der Waals surface area contributed by atoms with E-state index in [1.54, 1.807) is 0 Å². The maximum absolute atomic E-state index is 13.0. The molecule has 0 rings (SSSR count). The van der Waals surface area contributed by atoms with E-state index in [-0.39, 0.29) is 12.2 Å². The van der Waals surface area contributed by atoms with Crippen molar-refractivity contribution >= 4 is 17.7 Å². The lowest BCUT2D eigenvalue weighted by Crippen LogP contribution is -2.51. The highest BCUT2D eigenvalue weighted by atomic mass is 32.2. The number of carboxylic acids is 1. The van der Waals surface area contributed by atoms with Gasteiger partial charge in [-0.15, -0.1) is 11.8 Å². The standard InChI is InChI=1S/C13H19F7O2S/c1-2-3-6-9(10(21)22)23-8-5-4-7-11(14,15)12(16,17)13(18,19)20/h9H,2-8H2,1H3,(H,21,22). The van der Waals surface area contributed by atoms with Gasteiger partial charge in [-0.1, -0.05) is 19.8 Å². The normalized spacial score (nSPS) is 14.8. The van der Waals surface area contributed by atoms with Crippen LogP contribution in [-0.2, 0) is 4.79 Å². The molecule has 1 atom stereocenters. The van der Waals surface area contributed by atoms with Crippen molar-refractivity contribution in [3.63, 3.8) is 0 Å². The molecule has 23 heavy (non-hydrogen) atoms. The second kappa shape index (κ2) is 8.98. The first-order chi connectivity index (χ1) is 10.4. The van der Waals surface area contributed by atoms with Crippen molar-refractivity contribution in [3.05, 3.63) is 0 Å². The molecule has 2 nitrogen and oxygen atoms in total. The predicted octanol–water partition coefficient (Wildman–Crippen LogP) is 5.37. The first kappa shape index (κ1) is 22.3. The van der Waals surface area contributed by atoms with E-state index in [1.807, 2.05) is 6.92 Å². The van der Waals surface area contributed by atoms with Gasteiger partial charge in [-0.2, -0.15) is 30.7 Å². The van der Waals surface area contributed by atoms with E-state index in [1.165, 1.54) is 0 Å². The fourth-order valence-electron chi connectivity index (χ4n) is 1.71. The molecular formula is C13H19F7O2S. The average molecular weight is 372 g/mol. The SMILES string of the molecule is CCCCC(SCCCCC(F)(F)C(F)(F)C(F)(F)F)C(=O)O. The number of alkyl halides is 7. The topological polar surface area (TPSA) is 37.3 Å². The molecule has 0 aromatic rings. The Morgan fingerprint density at radius 3 is 2.04 bits per heavy atom. The summed E-state index contributed by atoms with van der Waals surface area (Å²) in [5.41, 5.74) is 0. The van der Waals surface area contributed by atoms with Gasteiger partial charge >= 0.3 is 24.0 Å². The second-order valence-corrected chi connectivity index (χ2v) is 6.38. The van der Waals surface area contributed by atoms with E-state index >= 15 is 0 Å². The molecule has 0 fully saturated rings. The summed E-state index contributed by atoms with van der Waals surface area (Å²) in [6, 6.07) is 0. The zero-order valence-corrected chi connectivity index (χ0v) is 13.3. The van der Waals surface area contributed by atoms with Gasteiger partial charge in [0.1, 0.15) is 5.25 Å². The summed E-state index contributed by atoms with van der Waals surface area (Å²) in [5.74, 6) is -12.2. The molecule has 10 heteroatoms. The van der Waals surface area contributed by atoms with Crippen LogP contribution >= 0.6 is 11.8 Å². The fraction of sp³-hybridized carbons (Fsp3) is 0.923. The minimum Gasteiger partial charge on any atom is -0.480 e. The Morgan fingerprint density at radius 2 is 1.61 bits per heavy atom. The number of unbranched alkanes of at least 4 members (excludes halogenated alkanes) is 2. The first-order valence-electron chi connectivity index (χ1n) is 7.03. The number of thioether (sulfide) groups is 1. The number of hydrogen-bond acceptors (Lipinski definition) is 2. The molecule has 138 valence electrons. The van der Waals surface area contributed by atoms with E-state index in [0.717, 1.165) is 18.2 Å². The Hall–Kier alpha value is -0.670. The number of carbonyl (C=O) groups is 1. The van der Waals surface area contributed by atoms with Crippen molar-refractivity contribution in [3.8, 4) is 0 Å². The smallest absolute Gasteiger partial charge is 0.459 e. The summed E-state index contributed by atoms with van der Waals surface area (Å²) in [4.78, 5) is 10.9. The van der Waals surface area contributed by atoms with Crippen LogP contribution in [0.5, 0.6) is 0 Å². The Bertz CT molecular complexity index is 372. The summed E-state index contributed by atoms with van der Waals surface area (Å²) >= 11 is 0.979. The second-order valence-electron chi connectivity index (χ2n) is 5.07. The van der Waals surface area contributed by atoms with Gasteiger partial charge < -0.3 is 5.11 Å². The van der Waals surface area contributed by atoms with Crippen LogP contribution in [0.1, 0.15) is 45.4 Å². The fourth-order valence-corrected chi connectivity index (χ4v) is 2.84. The molecular weight excluding hydrogens is 353 g/mol. The highest BCUT2D eigenvalue weighted by Gasteiger charge is 2.72. The average Bonchev–Trinajstić information content (AvgIpc) is 2.39. The lowest BCUT2D eigenvalue weighted by molar-refractivity contribution is -0.355. The van der Waals surface area contributed by atoms with E-state index in [9.17, 15) is 35.5 Å². The van der Waals surface area contributed by atoms with E-state index in [0.29, 0.717) is 12.8 Å². The van der Waals surface area contributed by atoms with Gasteiger partial charge in [0.05, 0.1) is 0 Å². The third kappa shape index (κ3) is 6.76. The maximum atomic E-state index is 13.0. The van der Waals surface area contributed by atoms with Crippen LogP contribution in [0.2, 0.25) is 0 Å². The molecule has 0 amide bonds. The molecule has 0 aliphatic carbocycles. The first-order valence-corrected chi connectivity index (χ1v) is 8.08. The number of carboxylic acid groups (broad SMARTS) is 1. The Balaban J connectivity index is 4.27. The summed E-state index contributed by atoms with van der Waals surface area (Å²) in [6.07, 6.45) is -6.69. The van der Waals surface area contributed by atoms with Crippen molar-refractivity contribution in [2.24, 2.45) is 0 Å². The minimum absolute atomic E-state index is 0.0654. The van der Waals surface area contributed by atoms with Crippen molar-refractivity contribution in [1.29, 1.82) is 0 Å². The highest BCUT2D eigenvalue weighted by molar-refractivity contribution is 8.00. The molecule has 0 saturated carbocycles. The molecule has 1 unspecified atom stereocenters. The third-order valence-electron chi connectivity index (χ3n) is 3.11. The zero-order valence-electron chi connectivity index (χ0n) is 12.4. The number of halogens is 7. The van der Waals surface area contributed by atoms with Gasteiger partial charge in [-0.05, 0) is 25.0 Å². The molecule has 0 radical (unpaired) electrons. The molecule has 0 saturated heterocycles. The van der Waals surface area contributed by atoms with Crippen LogP contribution in [0.4, 0.5) is 30.7 Å². The zero-order chi connectivity index (χ0) is 18.3. The maximum Gasteiger partial charge on any atom is 0.459 e. The van der Waals surface area contributed by atoms with E-state index < -0.39 is 42.1 Å². The molecule has 0 spiro atoms. The molecule has 1 N–H and O–H groups in total. The minimum atomic E-state index is -6.31. The van der Waals surface area contributed by atoms with Crippen LogP contribution in [0.15, 0.2) is 0 Å². The summed E-state index contributed by atoms with van der Waals surface area (Å²) in [7, 11) is 0. The van der Waals surface area contributed by atoms with Crippen LogP contribution in [0.25, 0.3) is 0 Å². The van der Waals surface area contributed by atoms with E-state index in [2.05, 4.69) is 0 Å². The van der Waals surface area contributed by atoms with Crippen molar-refractivity contribution in [1.82, 2.24) is 0 Å². The molecule has 0 aliphatic heterocycles. The van der Waals surface area contributed by atoms with Gasteiger partial charge in [0.15, 0.2) is 0 Å². The lowest BCUT2D eigenvalue weighted by Gasteiger charge is -2.28. The Morgan fingerprint density at radius 1 is 1.04 bits per heavy atom. The molecule has 0 aliphatic rings. The number of rotatable bonds is 11. The lowest BCUT2D eigenvalue weighted by atomic mass is 10.0. The molecule has 0 heterocycles. The number of aliphatic carboxylic acids is 1. The van der Waals surface area contributed by atoms with Crippen LogP contribution in [0.3, 0.4) is 0 Å². The van der Waals surface area contributed by atoms with Crippen LogP contribution < -0.4 is 0 Å².